The number of carbonyl (C=O) groups is 1. The summed E-state index contributed by atoms with van der Waals surface area (Å²) in [6.07, 6.45) is 6.17. The van der Waals surface area contributed by atoms with Crippen LogP contribution < -0.4 is 0 Å². The van der Waals surface area contributed by atoms with E-state index in [9.17, 15) is 4.79 Å². The Morgan fingerprint density at radius 1 is 1.22 bits per heavy atom. The van der Waals surface area contributed by atoms with E-state index in [1.165, 1.54) is 18.5 Å². The van der Waals surface area contributed by atoms with Crippen LogP contribution in [0.25, 0.3) is 5.65 Å². The molecule has 2 aromatic heterocycles. The number of fused-ring (bicyclic) bond motifs is 1. The van der Waals surface area contributed by atoms with Crippen molar-refractivity contribution in [2.75, 3.05) is 39.9 Å². The van der Waals surface area contributed by atoms with Gasteiger partial charge in [0.05, 0.1) is 18.0 Å². The normalized spacial score (nSPS) is 20.7. The van der Waals surface area contributed by atoms with Crippen LogP contribution in [-0.2, 0) is 16.1 Å². The number of carbonyl (C=O) groups excluding carboxylic acids is 1. The summed E-state index contributed by atoms with van der Waals surface area (Å²) in [6, 6.07) is 6.17. The Morgan fingerprint density at radius 2 is 2.04 bits per heavy atom. The van der Waals surface area contributed by atoms with E-state index in [1.807, 2.05) is 11.0 Å². The fourth-order valence-electron chi connectivity index (χ4n) is 4.67. The van der Waals surface area contributed by atoms with Crippen molar-refractivity contribution in [2.24, 2.45) is 5.41 Å². The first-order valence-electron chi connectivity index (χ1n) is 10.0. The second-order valence-corrected chi connectivity index (χ2v) is 8.16. The number of aromatic nitrogens is 2. The van der Waals surface area contributed by atoms with Gasteiger partial charge in [0.2, 0.25) is 5.91 Å². The molecular formula is C21H30N4O2. The Kier molecular flexibility index (Phi) is 5.19. The molecule has 27 heavy (non-hydrogen) atoms. The molecule has 0 atom stereocenters. The molecule has 1 spiro atoms. The maximum absolute atomic E-state index is 12.2. The second kappa shape index (κ2) is 7.60. The lowest BCUT2D eigenvalue weighted by Crippen LogP contribution is -2.52. The lowest BCUT2D eigenvalue weighted by molar-refractivity contribution is -0.140. The molecule has 0 saturated carbocycles. The van der Waals surface area contributed by atoms with Crippen LogP contribution in [0.15, 0.2) is 24.4 Å². The molecule has 146 valence electrons. The third kappa shape index (κ3) is 3.73. The molecule has 0 bridgehead atoms. The first kappa shape index (κ1) is 18.4. The predicted molar refractivity (Wildman–Crippen MR) is 105 cm³/mol. The Balaban J connectivity index is 1.40. The predicted octanol–water partition coefficient (Wildman–Crippen LogP) is 2.49. The number of pyridine rings is 1. The Labute approximate surface area is 161 Å². The molecule has 4 rings (SSSR count). The number of piperidine rings is 2. The van der Waals surface area contributed by atoms with Crippen molar-refractivity contribution in [1.29, 1.82) is 0 Å². The van der Waals surface area contributed by atoms with E-state index in [-0.39, 0.29) is 0 Å². The van der Waals surface area contributed by atoms with Gasteiger partial charge in [-0.2, -0.15) is 0 Å². The molecule has 1 amide bonds. The molecule has 0 aromatic carbocycles. The van der Waals surface area contributed by atoms with Gasteiger partial charge in [0.1, 0.15) is 5.65 Å². The number of rotatable bonds is 5. The third-order valence-corrected chi connectivity index (χ3v) is 6.43. The van der Waals surface area contributed by atoms with E-state index in [0.717, 1.165) is 50.5 Å². The van der Waals surface area contributed by atoms with Crippen LogP contribution in [0.3, 0.4) is 0 Å². The molecule has 0 N–H and O–H groups in total. The van der Waals surface area contributed by atoms with E-state index in [1.54, 1.807) is 7.11 Å². The van der Waals surface area contributed by atoms with E-state index >= 15 is 0 Å². The average Bonchev–Trinajstić information content (AvgIpc) is 3.00. The van der Waals surface area contributed by atoms with Crippen molar-refractivity contribution in [3.8, 4) is 0 Å². The first-order valence-corrected chi connectivity index (χ1v) is 10.0. The largest absolute Gasteiger partial charge is 0.383 e. The van der Waals surface area contributed by atoms with Crippen molar-refractivity contribution in [3.63, 3.8) is 0 Å². The number of imidazole rings is 1. The molecule has 2 aliphatic rings. The van der Waals surface area contributed by atoms with Crippen LogP contribution in [-0.4, -0.2) is 65.0 Å². The van der Waals surface area contributed by atoms with Crippen LogP contribution in [0.5, 0.6) is 0 Å². The van der Waals surface area contributed by atoms with Gasteiger partial charge in [-0.3, -0.25) is 9.69 Å². The molecule has 0 radical (unpaired) electrons. The summed E-state index contributed by atoms with van der Waals surface area (Å²) in [5.41, 5.74) is 3.74. The second-order valence-electron chi connectivity index (χ2n) is 8.16. The highest BCUT2D eigenvalue weighted by atomic mass is 16.5. The zero-order chi connectivity index (χ0) is 18.9. The van der Waals surface area contributed by atoms with Crippen molar-refractivity contribution < 1.29 is 9.53 Å². The fourth-order valence-corrected chi connectivity index (χ4v) is 4.67. The fraction of sp³-hybridized carbons (Fsp3) is 0.619. The molecule has 6 heteroatoms. The monoisotopic (exact) mass is 370 g/mol. The molecule has 0 unspecified atom stereocenters. The topological polar surface area (TPSA) is 50.1 Å². The minimum atomic E-state index is 0.293. The molecule has 2 aromatic rings. The van der Waals surface area contributed by atoms with Gasteiger partial charge in [0, 0.05) is 39.4 Å². The van der Waals surface area contributed by atoms with Gasteiger partial charge >= 0.3 is 0 Å². The van der Waals surface area contributed by atoms with Gasteiger partial charge in [-0.25, -0.2) is 4.98 Å². The molecule has 6 nitrogen and oxygen atoms in total. The van der Waals surface area contributed by atoms with Gasteiger partial charge in [0.25, 0.3) is 0 Å². The highest BCUT2D eigenvalue weighted by Gasteiger charge is 2.40. The summed E-state index contributed by atoms with van der Waals surface area (Å²) in [7, 11) is 1.70. The molecule has 2 fully saturated rings. The molecule has 2 saturated heterocycles. The van der Waals surface area contributed by atoms with Crippen LogP contribution in [0, 0.1) is 12.3 Å². The lowest BCUT2D eigenvalue weighted by Gasteiger charge is -2.47. The highest BCUT2D eigenvalue weighted by molar-refractivity contribution is 5.77. The maximum atomic E-state index is 12.2. The van der Waals surface area contributed by atoms with Crippen molar-refractivity contribution in [2.45, 2.75) is 39.2 Å². The summed E-state index contributed by atoms with van der Waals surface area (Å²) >= 11 is 0. The number of aryl methyl sites for hydroxylation is 1. The number of amides is 1. The number of ether oxygens (including phenoxy) is 1. The van der Waals surface area contributed by atoms with Gasteiger partial charge in [0.15, 0.2) is 0 Å². The molecule has 4 heterocycles. The zero-order valence-corrected chi connectivity index (χ0v) is 16.5. The quantitative estimate of drug-likeness (QED) is 0.811. The summed E-state index contributed by atoms with van der Waals surface area (Å²) in [5.74, 6) is 0.293. The number of nitrogens with zero attached hydrogens (tertiary/aromatic N) is 4. The minimum Gasteiger partial charge on any atom is -0.383 e. The lowest BCUT2D eigenvalue weighted by atomic mass is 9.72. The van der Waals surface area contributed by atoms with Gasteiger partial charge in [-0.05, 0) is 56.8 Å². The van der Waals surface area contributed by atoms with Gasteiger partial charge in [-0.15, -0.1) is 0 Å². The van der Waals surface area contributed by atoms with Gasteiger partial charge in [-0.1, -0.05) is 6.07 Å². The summed E-state index contributed by atoms with van der Waals surface area (Å²) in [5, 5.41) is 0. The summed E-state index contributed by atoms with van der Waals surface area (Å²) in [4.78, 5) is 21.5. The van der Waals surface area contributed by atoms with E-state index < -0.39 is 0 Å². The highest BCUT2D eigenvalue weighted by Crippen LogP contribution is 2.40. The number of hydrogen-bond donors (Lipinski definition) is 0. The average molecular weight is 370 g/mol. The van der Waals surface area contributed by atoms with Crippen LogP contribution in [0.1, 0.15) is 37.1 Å². The van der Waals surface area contributed by atoms with E-state index in [2.05, 4.69) is 39.5 Å². The van der Waals surface area contributed by atoms with Crippen molar-refractivity contribution >= 4 is 11.6 Å². The van der Waals surface area contributed by atoms with E-state index in [4.69, 9.17) is 4.74 Å². The van der Waals surface area contributed by atoms with Crippen LogP contribution in [0.2, 0.25) is 0 Å². The molecular weight excluding hydrogens is 340 g/mol. The Hall–Kier alpha value is -1.92. The summed E-state index contributed by atoms with van der Waals surface area (Å²) in [6.45, 7) is 7.48. The van der Waals surface area contributed by atoms with Crippen LogP contribution in [0.4, 0.5) is 0 Å². The maximum Gasteiger partial charge on any atom is 0.222 e. The Morgan fingerprint density at radius 3 is 2.81 bits per heavy atom. The number of methoxy groups -OCH3 is 1. The van der Waals surface area contributed by atoms with E-state index in [0.29, 0.717) is 24.3 Å². The standard InChI is InChI=1S/C21H30N4O2/c1-17-18(25-10-4-3-5-19(25)22-17)15-23-11-8-21(9-12-23)7-6-20(26)24(16-21)13-14-27-2/h3-5,10H,6-9,11-16H2,1-2H3. The number of hydrogen-bond acceptors (Lipinski definition) is 4. The zero-order valence-electron chi connectivity index (χ0n) is 16.5. The molecule has 2 aliphatic heterocycles. The minimum absolute atomic E-state index is 0.293. The van der Waals surface area contributed by atoms with Crippen molar-refractivity contribution in [1.82, 2.24) is 19.2 Å². The molecule has 0 aliphatic carbocycles. The van der Waals surface area contributed by atoms with Gasteiger partial charge < -0.3 is 14.0 Å². The summed E-state index contributed by atoms with van der Waals surface area (Å²) < 4.78 is 7.39. The first-order chi connectivity index (χ1) is 13.1. The number of likely N-dealkylation sites (tertiary alicyclic amines) is 2. The smallest absolute Gasteiger partial charge is 0.222 e. The Bertz CT molecular complexity index is 808. The van der Waals surface area contributed by atoms with Crippen molar-refractivity contribution in [3.05, 3.63) is 35.8 Å². The van der Waals surface area contributed by atoms with Crippen LogP contribution >= 0.6 is 0 Å². The third-order valence-electron chi connectivity index (χ3n) is 6.43. The SMILES string of the molecule is COCCN1CC2(CCC1=O)CCN(Cc1c(C)nc3ccccn13)CC2.